The van der Waals surface area contributed by atoms with Gasteiger partial charge in [-0.2, -0.15) is 5.10 Å². The third-order valence-electron chi connectivity index (χ3n) is 0.375. The molecule has 0 atom stereocenters. The molecule has 0 saturated carbocycles. The average Bonchev–Trinajstić information content (AvgIpc) is 1.61. The van der Waals surface area contributed by atoms with E-state index in [1.807, 2.05) is 0 Å². The summed E-state index contributed by atoms with van der Waals surface area (Å²) in [6, 6.07) is 0. The fourth-order valence-electron chi connectivity index (χ4n) is 0.160. The van der Waals surface area contributed by atoms with Gasteiger partial charge >= 0.3 is 0 Å². The van der Waals surface area contributed by atoms with Crippen LogP contribution in [0.3, 0.4) is 0 Å². The number of amides is 1. The molecule has 0 saturated heterocycles. The van der Waals surface area contributed by atoms with E-state index in [0.717, 1.165) is 0 Å². The van der Waals surface area contributed by atoms with E-state index in [-0.39, 0.29) is 5.91 Å². The first kappa shape index (κ1) is 7.49. The van der Waals surface area contributed by atoms with Crippen molar-refractivity contribution in [3.05, 3.63) is 0 Å². The Morgan fingerprint density at radius 1 is 1.62 bits per heavy atom. The normalized spacial score (nSPS) is 11.1. The maximum Gasteiger partial charge on any atom is 0.236 e. The van der Waals surface area contributed by atoms with Crippen molar-refractivity contribution in [1.82, 2.24) is 5.43 Å². The van der Waals surface area contributed by atoms with Gasteiger partial charge in [-0.1, -0.05) is 0 Å². The molecule has 0 aromatic rings. The molecule has 4 heteroatoms. The van der Waals surface area contributed by atoms with Crippen LogP contribution in [0.5, 0.6) is 0 Å². The third-order valence-corrected chi connectivity index (χ3v) is 0.475. The van der Waals surface area contributed by atoms with Gasteiger partial charge in [0.2, 0.25) is 5.91 Å². The zero-order chi connectivity index (χ0) is 6.57. The SMILES string of the molecule is CC(=O)N/N=C(\C)S. The first-order valence-electron chi connectivity index (χ1n) is 2.12. The number of carbonyl (C=O) groups is 1. The predicted molar refractivity (Wildman–Crippen MR) is 35.9 cm³/mol. The van der Waals surface area contributed by atoms with Crippen molar-refractivity contribution in [2.24, 2.45) is 5.10 Å². The molecule has 3 nitrogen and oxygen atoms in total. The summed E-state index contributed by atoms with van der Waals surface area (Å²) < 4.78 is 0. The smallest absolute Gasteiger partial charge is 0.236 e. The van der Waals surface area contributed by atoms with E-state index in [1.165, 1.54) is 6.92 Å². The molecule has 1 N–H and O–H groups in total. The van der Waals surface area contributed by atoms with Gasteiger partial charge in [0, 0.05) is 6.92 Å². The topological polar surface area (TPSA) is 41.5 Å². The molecule has 46 valence electrons. The highest BCUT2D eigenvalue weighted by Crippen LogP contribution is 1.76. The van der Waals surface area contributed by atoms with Gasteiger partial charge in [-0.05, 0) is 6.92 Å². The van der Waals surface area contributed by atoms with E-state index in [0.29, 0.717) is 5.04 Å². The average molecular weight is 132 g/mol. The summed E-state index contributed by atoms with van der Waals surface area (Å²) >= 11 is 3.81. The second kappa shape index (κ2) is 3.49. The molecule has 1 amide bonds. The van der Waals surface area contributed by atoms with Crippen LogP contribution in [0.4, 0.5) is 0 Å². The summed E-state index contributed by atoms with van der Waals surface area (Å²) in [5, 5.41) is 4.05. The lowest BCUT2D eigenvalue weighted by atomic mass is 10.8. The first-order chi connectivity index (χ1) is 3.63. The summed E-state index contributed by atoms with van der Waals surface area (Å²) in [5.74, 6) is -0.182. The number of thiol groups is 1. The third kappa shape index (κ3) is 5.49. The second-order valence-electron chi connectivity index (χ2n) is 1.33. The van der Waals surface area contributed by atoms with Gasteiger partial charge in [-0.25, -0.2) is 5.43 Å². The quantitative estimate of drug-likeness (QED) is 0.230. The Morgan fingerprint density at radius 2 is 2.12 bits per heavy atom. The zero-order valence-electron chi connectivity index (χ0n) is 4.80. The molecule has 0 aliphatic heterocycles. The molecular weight excluding hydrogens is 124 g/mol. The van der Waals surface area contributed by atoms with E-state index < -0.39 is 0 Å². The molecule has 8 heavy (non-hydrogen) atoms. The molecule has 0 spiro atoms. The van der Waals surface area contributed by atoms with Crippen molar-refractivity contribution in [3.8, 4) is 0 Å². The maximum atomic E-state index is 10.1. The fraction of sp³-hybridized carbons (Fsp3) is 0.500. The van der Waals surface area contributed by atoms with Crippen molar-refractivity contribution >= 4 is 23.6 Å². The van der Waals surface area contributed by atoms with Crippen LogP contribution in [-0.4, -0.2) is 11.0 Å². The lowest BCUT2D eigenvalue weighted by Crippen LogP contribution is -2.12. The predicted octanol–water partition coefficient (Wildman–Crippen LogP) is 0.386. The minimum absolute atomic E-state index is 0.182. The number of nitrogens with zero attached hydrogens (tertiary/aromatic N) is 1. The van der Waals surface area contributed by atoms with E-state index in [4.69, 9.17) is 0 Å². The molecule has 0 fully saturated rings. The van der Waals surface area contributed by atoms with E-state index >= 15 is 0 Å². The highest BCUT2D eigenvalue weighted by Gasteiger charge is 1.82. The monoisotopic (exact) mass is 132 g/mol. The Bertz CT molecular complexity index is 117. The summed E-state index contributed by atoms with van der Waals surface area (Å²) in [7, 11) is 0. The van der Waals surface area contributed by atoms with Gasteiger partial charge in [0.05, 0.1) is 5.04 Å². The summed E-state index contributed by atoms with van der Waals surface area (Å²) in [4.78, 5) is 10.1. The van der Waals surface area contributed by atoms with Crippen molar-refractivity contribution < 1.29 is 4.79 Å². The largest absolute Gasteiger partial charge is 0.274 e. The minimum atomic E-state index is -0.182. The van der Waals surface area contributed by atoms with Crippen LogP contribution < -0.4 is 5.43 Å². The van der Waals surface area contributed by atoms with Crippen LogP contribution in [0.15, 0.2) is 5.10 Å². The Morgan fingerprint density at radius 3 is 2.25 bits per heavy atom. The fourth-order valence-corrected chi connectivity index (χ4v) is 0.210. The van der Waals surface area contributed by atoms with Crippen LogP contribution in [-0.2, 0) is 4.79 Å². The number of hydrogen-bond acceptors (Lipinski definition) is 2. The second-order valence-corrected chi connectivity index (χ2v) is 1.97. The van der Waals surface area contributed by atoms with E-state index in [1.54, 1.807) is 6.92 Å². The Labute approximate surface area is 53.6 Å². The van der Waals surface area contributed by atoms with Crippen molar-refractivity contribution in [3.63, 3.8) is 0 Å². The summed E-state index contributed by atoms with van der Waals surface area (Å²) in [6.45, 7) is 3.07. The number of rotatable bonds is 1. The van der Waals surface area contributed by atoms with Crippen LogP contribution >= 0.6 is 12.6 Å². The van der Waals surface area contributed by atoms with Crippen LogP contribution in [0.2, 0.25) is 0 Å². The van der Waals surface area contributed by atoms with Gasteiger partial charge in [-0.15, -0.1) is 12.6 Å². The molecule has 0 heterocycles. The Hall–Kier alpha value is -0.510. The Balaban J connectivity index is 3.45. The van der Waals surface area contributed by atoms with Crippen molar-refractivity contribution in [2.45, 2.75) is 13.8 Å². The number of hydrazone groups is 1. The van der Waals surface area contributed by atoms with E-state index in [2.05, 4.69) is 23.2 Å². The van der Waals surface area contributed by atoms with Crippen molar-refractivity contribution in [2.75, 3.05) is 0 Å². The first-order valence-corrected chi connectivity index (χ1v) is 2.57. The number of hydrogen-bond donors (Lipinski definition) is 2. The van der Waals surface area contributed by atoms with Crippen molar-refractivity contribution in [1.29, 1.82) is 0 Å². The standard InChI is InChI=1S/C4H8N2OS/c1-3(7)5-6-4(2)8/h1-2H3,(H,5,7)(H,6,8). The van der Waals surface area contributed by atoms with Gasteiger partial charge in [0.15, 0.2) is 0 Å². The molecule has 0 aromatic carbocycles. The maximum absolute atomic E-state index is 10.1. The molecule has 0 rings (SSSR count). The number of nitrogens with one attached hydrogen (secondary N) is 1. The van der Waals surface area contributed by atoms with Gasteiger partial charge in [0.25, 0.3) is 0 Å². The van der Waals surface area contributed by atoms with Gasteiger partial charge < -0.3 is 0 Å². The van der Waals surface area contributed by atoms with Crippen LogP contribution in [0, 0.1) is 0 Å². The Kier molecular flexibility index (Phi) is 3.26. The van der Waals surface area contributed by atoms with Gasteiger partial charge in [0.1, 0.15) is 0 Å². The molecule has 0 aromatic heterocycles. The molecular formula is C4H8N2OS. The molecule has 0 unspecified atom stereocenters. The molecule has 0 radical (unpaired) electrons. The van der Waals surface area contributed by atoms with Crippen LogP contribution in [0.1, 0.15) is 13.8 Å². The summed E-state index contributed by atoms with van der Waals surface area (Å²) in [5.41, 5.74) is 2.22. The summed E-state index contributed by atoms with van der Waals surface area (Å²) in [6.07, 6.45) is 0. The van der Waals surface area contributed by atoms with Crippen LogP contribution in [0.25, 0.3) is 0 Å². The minimum Gasteiger partial charge on any atom is -0.274 e. The molecule has 0 bridgehead atoms. The zero-order valence-corrected chi connectivity index (χ0v) is 5.70. The lowest BCUT2D eigenvalue weighted by Gasteiger charge is -1.89. The van der Waals surface area contributed by atoms with Gasteiger partial charge in [-0.3, -0.25) is 4.79 Å². The highest BCUT2D eigenvalue weighted by molar-refractivity contribution is 7.96. The lowest BCUT2D eigenvalue weighted by molar-refractivity contribution is -0.118. The molecule has 0 aliphatic carbocycles. The molecule has 0 aliphatic rings. The number of carbonyl (C=O) groups excluding carboxylic acids is 1. The highest BCUT2D eigenvalue weighted by atomic mass is 32.1. The van der Waals surface area contributed by atoms with E-state index in [9.17, 15) is 4.79 Å².